The van der Waals surface area contributed by atoms with Crippen molar-refractivity contribution in [3.63, 3.8) is 0 Å². The van der Waals surface area contributed by atoms with Gasteiger partial charge in [0.15, 0.2) is 6.29 Å². The second-order valence-corrected chi connectivity index (χ2v) is 12.0. The fourth-order valence-electron chi connectivity index (χ4n) is 5.56. The van der Waals surface area contributed by atoms with Gasteiger partial charge in [-0.05, 0) is 82.6 Å². The quantitative estimate of drug-likeness (QED) is 0.0302. The molecule has 0 aliphatic carbocycles. The van der Waals surface area contributed by atoms with E-state index in [9.17, 15) is 19.6 Å². The summed E-state index contributed by atoms with van der Waals surface area (Å²) in [4.78, 5) is 41.4. The number of primary amides is 1. The summed E-state index contributed by atoms with van der Waals surface area (Å²) in [6.07, 6.45) is 5.50. The maximum atomic E-state index is 12.6. The molecule has 1 aliphatic heterocycles. The summed E-state index contributed by atoms with van der Waals surface area (Å²) in [6.45, 7) is 9.90. The number of carbonyl (C=O) groups is 3. The molecular formula is C37H49KN8O5Y-2. The molecule has 273 valence electrons. The number of unbranched alkanes of at least 4 members (excludes halogenated alkanes) is 2. The van der Waals surface area contributed by atoms with Crippen molar-refractivity contribution in [2.24, 2.45) is 10.7 Å². The first-order valence-electron chi connectivity index (χ1n) is 16.9. The molecule has 52 heavy (non-hydrogen) atoms. The predicted octanol–water partition coefficient (Wildman–Crippen LogP) is 2.45. The Labute approximate surface area is 375 Å². The third kappa shape index (κ3) is 16.0. The predicted molar refractivity (Wildman–Crippen MR) is 201 cm³/mol. The zero-order valence-electron chi connectivity index (χ0n) is 30.3. The van der Waals surface area contributed by atoms with Crippen molar-refractivity contribution in [1.29, 1.82) is 0 Å². The van der Waals surface area contributed by atoms with Crippen molar-refractivity contribution < 1.29 is 104 Å². The van der Waals surface area contributed by atoms with E-state index in [1.807, 2.05) is 18.2 Å². The second-order valence-electron chi connectivity index (χ2n) is 12.0. The first-order valence-corrected chi connectivity index (χ1v) is 16.9. The van der Waals surface area contributed by atoms with E-state index in [2.05, 4.69) is 45.6 Å². The Hall–Kier alpha value is -2.24. The molecule has 13 nitrogen and oxygen atoms in total. The van der Waals surface area contributed by atoms with Gasteiger partial charge in [0.1, 0.15) is 0 Å². The fraction of sp³-hybridized carbons (Fsp3) is 0.405. The van der Waals surface area contributed by atoms with E-state index in [4.69, 9.17) is 16.6 Å². The number of likely N-dealkylation sites (tertiary alicyclic amines) is 1. The van der Waals surface area contributed by atoms with Crippen LogP contribution in [0.2, 0.25) is 0 Å². The molecule has 3 aromatic carbocycles. The topological polar surface area (TPSA) is 199 Å². The fourth-order valence-corrected chi connectivity index (χ4v) is 5.56. The summed E-state index contributed by atoms with van der Waals surface area (Å²) in [5, 5.41) is 31.5. The van der Waals surface area contributed by atoms with Crippen LogP contribution in [0.4, 0.5) is 28.4 Å². The number of aliphatic hydroxyl groups excluding tert-OH is 1. The molecule has 1 aliphatic rings. The summed E-state index contributed by atoms with van der Waals surface area (Å²) in [5.74, 6) is -1.05. The van der Waals surface area contributed by atoms with Gasteiger partial charge in [0.05, 0.1) is 6.04 Å². The van der Waals surface area contributed by atoms with E-state index >= 15 is 0 Å². The third-order valence-electron chi connectivity index (χ3n) is 8.44. The summed E-state index contributed by atoms with van der Waals surface area (Å²) >= 11 is 0. The maximum Gasteiger partial charge on any atom is 1.00 e. The number of nitrogens with zero attached hydrogens (tertiary/aromatic N) is 3. The van der Waals surface area contributed by atoms with Crippen LogP contribution < -0.4 is 78.1 Å². The average Bonchev–Trinajstić information content (AvgIpc) is 3.54. The van der Waals surface area contributed by atoms with Crippen LogP contribution in [0.3, 0.4) is 0 Å². The van der Waals surface area contributed by atoms with Gasteiger partial charge in [-0.2, -0.15) is 18.2 Å². The van der Waals surface area contributed by atoms with Crippen LogP contribution in [-0.4, -0.2) is 86.2 Å². The van der Waals surface area contributed by atoms with Crippen LogP contribution in [0.5, 0.6) is 0 Å². The molecule has 1 fully saturated rings. The van der Waals surface area contributed by atoms with Crippen molar-refractivity contribution in [2.45, 2.75) is 57.5 Å². The van der Waals surface area contributed by atoms with Gasteiger partial charge in [0.25, 0.3) is 5.91 Å². The first-order chi connectivity index (χ1) is 24.2. The molecule has 15 heteroatoms. The second kappa shape index (κ2) is 26.5. The number of nitrogens with two attached hydrogens (primary N) is 1. The minimum Gasteiger partial charge on any atom is -0.758 e. The van der Waals surface area contributed by atoms with Crippen LogP contribution >= 0.6 is 0 Å². The Bertz CT molecular complexity index is 1530. The number of amides is 2. The molecule has 3 aromatic rings. The largest absolute Gasteiger partial charge is 1.00 e. The maximum absolute atomic E-state index is 12.6. The van der Waals surface area contributed by atoms with Crippen LogP contribution in [0.15, 0.2) is 65.7 Å². The molecule has 0 saturated carbocycles. The molecule has 1 saturated heterocycles. The Morgan fingerprint density at radius 3 is 2.52 bits per heavy atom. The Kier molecular flexibility index (Phi) is 24.4. The molecule has 0 bridgehead atoms. The average molecular weight is 814 g/mol. The molecule has 2 unspecified atom stereocenters. The molecular weight excluding hydrogens is 764 g/mol. The van der Waals surface area contributed by atoms with Gasteiger partial charge >= 0.3 is 51.4 Å². The zero-order chi connectivity index (χ0) is 36.3. The van der Waals surface area contributed by atoms with Crippen LogP contribution in [-0.2, 0) is 37.5 Å². The normalized spacial score (nSPS) is 13.9. The molecule has 1 heterocycles. The summed E-state index contributed by atoms with van der Waals surface area (Å²) in [7, 11) is 0. The van der Waals surface area contributed by atoms with Gasteiger partial charge in [-0.25, -0.2) is 0 Å². The molecule has 2 atom stereocenters. The minimum absolute atomic E-state index is 0. The number of carbonyl (C=O) groups excluding carboxylic acids is 3. The van der Waals surface area contributed by atoms with Crippen molar-refractivity contribution in [1.82, 2.24) is 10.2 Å². The van der Waals surface area contributed by atoms with E-state index in [0.717, 1.165) is 49.8 Å². The number of benzene rings is 3. The number of hydrogen-bond acceptors (Lipinski definition) is 10. The van der Waals surface area contributed by atoms with E-state index in [1.54, 1.807) is 30.3 Å². The summed E-state index contributed by atoms with van der Waals surface area (Å²) < 4.78 is 0. The Morgan fingerprint density at radius 1 is 1.15 bits per heavy atom. The number of nitrogens with one attached hydrogen (secondary N) is 4. The number of aliphatic hydroxyl groups is 1. The van der Waals surface area contributed by atoms with Gasteiger partial charge in [-0.15, -0.1) is 11.8 Å². The van der Waals surface area contributed by atoms with E-state index in [0.29, 0.717) is 41.4 Å². The third-order valence-corrected chi connectivity index (χ3v) is 8.44. The van der Waals surface area contributed by atoms with Crippen molar-refractivity contribution in [2.75, 3.05) is 55.0 Å². The standard InChI is InChI=1S/C23H30N5O5.C14H20N3.K.Y/c24-18-7-4-16(5-8-18)23(32)27-12-3-1-2-11-26-19-9-6-17(15-30)21(14-19)28(33)20(10-13-29)22(25)31;1-12-6-5-10-17(12)11-9-16-14-8-4-3-7-13(14)15-2;;/h4-9,14-15,20,29H,1-3,10-13H2,(H6,24,25,26,27,30,31,32);4,7-8,12,16H,2,5-6,9-11H2,1H3;;/q2*-1;+1;/p-1. The van der Waals surface area contributed by atoms with Crippen LogP contribution in [0.1, 0.15) is 66.2 Å². The summed E-state index contributed by atoms with van der Waals surface area (Å²) in [5.41, 5.74) is 16.2. The minimum atomic E-state index is -1.27. The van der Waals surface area contributed by atoms with Gasteiger partial charge in [0.2, 0.25) is 5.91 Å². The molecule has 7 N–H and O–H groups in total. The number of hydrogen-bond donors (Lipinski definition) is 5. The summed E-state index contributed by atoms with van der Waals surface area (Å²) in [6, 6.07) is 19.2. The van der Waals surface area contributed by atoms with E-state index in [-0.39, 0.29) is 108 Å². The number of rotatable bonds is 19. The smallest absolute Gasteiger partial charge is 0.758 e. The zero-order valence-corrected chi connectivity index (χ0v) is 36.2. The Morgan fingerprint density at radius 2 is 1.88 bits per heavy atom. The van der Waals surface area contributed by atoms with E-state index in [1.165, 1.54) is 31.5 Å². The van der Waals surface area contributed by atoms with Gasteiger partial charge in [-0.1, -0.05) is 30.0 Å². The SMILES string of the molecule is C=Nc1c[c-]ccc1NCCN1CCCC1C.[K+].[NH-]c1ccc(C(=O)NCCCCCNc2ccc(C=O)c(N([O-])C(CCO)C(N)=O)c2)cc1.[Y]. The van der Waals surface area contributed by atoms with Crippen LogP contribution in [0.25, 0.3) is 5.73 Å². The van der Waals surface area contributed by atoms with Crippen molar-refractivity contribution in [3.8, 4) is 0 Å². The molecule has 0 aromatic heterocycles. The van der Waals surface area contributed by atoms with E-state index < -0.39 is 18.6 Å². The molecule has 4 rings (SSSR count). The van der Waals surface area contributed by atoms with Crippen LogP contribution in [0, 0.1) is 11.3 Å². The number of aliphatic imine (C=N–C) groups is 1. The van der Waals surface area contributed by atoms with Crippen molar-refractivity contribution in [3.05, 3.63) is 88.8 Å². The monoisotopic (exact) mass is 813 g/mol. The molecule has 2 amide bonds. The Balaban J connectivity index is 0.000000599. The number of anilines is 3. The molecule has 0 spiro atoms. The van der Waals surface area contributed by atoms with Gasteiger partial charge in [-0.3, -0.25) is 19.3 Å². The van der Waals surface area contributed by atoms with Gasteiger partial charge < -0.3 is 47.8 Å². The van der Waals surface area contributed by atoms with Gasteiger partial charge in [0, 0.05) is 94.0 Å². The number of hydroxylamine groups is 1. The first kappa shape index (κ1) is 47.8. The van der Waals surface area contributed by atoms with Crippen molar-refractivity contribution >= 4 is 53.3 Å². The molecule has 1 radical (unpaired) electrons. The number of aldehydes is 1.